The summed E-state index contributed by atoms with van der Waals surface area (Å²) in [5.74, 6) is 0.556. The van der Waals surface area contributed by atoms with Gasteiger partial charge in [-0.2, -0.15) is 0 Å². The maximum absolute atomic E-state index is 12.5. The number of amides is 1. The molecule has 0 radical (unpaired) electrons. The summed E-state index contributed by atoms with van der Waals surface area (Å²) in [5.41, 5.74) is 2.39. The molecule has 0 aliphatic carbocycles. The molecule has 0 aromatic heterocycles. The predicted octanol–water partition coefficient (Wildman–Crippen LogP) is 1.87. The summed E-state index contributed by atoms with van der Waals surface area (Å²) in [6, 6.07) is 3.55. The largest absolute Gasteiger partial charge is 0.508 e. The fourth-order valence-corrected chi connectivity index (χ4v) is 2.44. The van der Waals surface area contributed by atoms with E-state index >= 15 is 0 Å². The van der Waals surface area contributed by atoms with Gasteiger partial charge in [0.15, 0.2) is 0 Å². The van der Waals surface area contributed by atoms with Gasteiger partial charge in [-0.25, -0.2) is 0 Å². The quantitative estimate of drug-likeness (QED) is 0.855. The first-order chi connectivity index (χ1) is 9.00. The zero-order valence-electron chi connectivity index (χ0n) is 11.9. The van der Waals surface area contributed by atoms with Crippen LogP contribution >= 0.6 is 0 Å². The van der Waals surface area contributed by atoms with Gasteiger partial charge in [-0.3, -0.25) is 4.79 Å². The van der Waals surface area contributed by atoms with Crippen molar-refractivity contribution in [2.45, 2.75) is 26.7 Å². The Labute approximate surface area is 114 Å². The second-order valence-corrected chi connectivity index (χ2v) is 5.42. The number of carbonyl (C=O) groups excluding carboxylic acids is 1. The number of aryl methyl sites for hydroxylation is 1. The van der Waals surface area contributed by atoms with Crippen LogP contribution in [0.2, 0.25) is 0 Å². The molecule has 4 nitrogen and oxygen atoms in total. The molecule has 4 heteroatoms. The summed E-state index contributed by atoms with van der Waals surface area (Å²) in [6.07, 6.45) is 0. The van der Waals surface area contributed by atoms with E-state index in [-0.39, 0.29) is 17.6 Å². The first-order valence-electron chi connectivity index (χ1n) is 6.84. The Hall–Kier alpha value is -1.55. The zero-order chi connectivity index (χ0) is 14.0. The van der Waals surface area contributed by atoms with Crippen molar-refractivity contribution < 1.29 is 9.90 Å². The number of aromatic hydroxyl groups is 1. The number of rotatable bonds is 2. The highest BCUT2D eigenvalue weighted by atomic mass is 16.3. The number of hydrogen-bond donors (Lipinski definition) is 2. The van der Waals surface area contributed by atoms with Crippen molar-refractivity contribution in [2.75, 3.05) is 26.2 Å². The van der Waals surface area contributed by atoms with Gasteiger partial charge in [0.2, 0.25) is 0 Å². The molecule has 2 rings (SSSR count). The van der Waals surface area contributed by atoms with Crippen LogP contribution in [-0.2, 0) is 0 Å². The molecule has 104 valence electrons. The van der Waals surface area contributed by atoms with Crippen molar-refractivity contribution in [3.63, 3.8) is 0 Å². The Balaban J connectivity index is 2.32. The number of hydrogen-bond acceptors (Lipinski definition) is 3. The molecule has 0 unspecified atom stereocenters. The minimum Gasteiger partial charge on any atom is -0.508 e. The van der Waals surface area contributed by atoms with E-state index in [1.54, 1.807) is 6.07 Å². The normalized spacial score (nSPS) is 15.9. The van der Waals surface area contributed by atoms with Crippen LogP contribution in [-0.4, -0.2) is 42.1 Å². The molecule has 0 saturated carbocycles. The Kier molecular flexibility index (Phi) is 4.10. The summed E-state index contributed by atoms with van der Waals surface area (Å²) in [6.45, 7) is 9.10. The van der Waals surface area contributed by atoms with Gasteiger partial charge in [-0.05, 0) is 36.1 Å². The van der Waals surface area contributed by atoms with E-state index in [2.05, 4.69) is 5.32 Å². The highest BCUT2D eigenvalue weighted by Crippen LogP contribution is 2.29. The summed E-state index contributed by atoms with van der Waals surface area (Å²) in [4.78, 5) is 14.4. The van der Waals surface area contributed by atoms with Crippen LogP contribution in [0, 0.1) is 6.92 Å². The van der Waals surface area contributed by atoms with Crippen LogP contribution in [0.5, 0.6) is 5.75 Å². The first kappa shape index (κ1) is 13.9. The molecule has 0 atom stereocenters. The maximum atomic E-state index is 12.5. The van der Waals surface area contributed by atoms with Crippen molar-refractivity contribution in [3.05, 3.63) is 28.8 Å². The zero-order valence-corrected chi connectivity index (χ0v) is 11.9. The molecule has 19 heavy (non-hydrogen) atoms. The van der Waals surface area contributed by atoms with Crippen molar-refractivity contribution >= 4 is 5.91 Å². The molecule has 1 aliphatic heterocycles. The van der Waals surface area contributed by atoms with Crippen molar-refractivity contribution in [1.29, 1.82) is 0 Å². The van der Waals surface area contributed by atoms with Crippen LogP contribution in [0.1, 0.15) is 41.3 Å². The van der Waals surface area contributed by atoms with Gasteiger partial charge in [0.05, 0.1) is 0 Å². The van der Waals surface area contributed by atoms with E-state index in [1.165, 1.54) is 0 Å². The fraction of sp³-hybridized carbons (Fsp3) is 0.533. The second-order valence-electron chi connectivity index (χ2n) is 5.42. The van der Waals surface area contributed by atoms with Crippen molar-refractivity contribution in [2.24, 2.45) is 0 Å². The molecule has 1 aliphatic rings. The monoisotopic (exact) mass is 262 g/mol. The third kappa shape index (κ3) is 2.89. The molecule has 2 N–H and O–H groups in total. The standard InChI is InChI=1S/C15H22N2O2/c1-10(2)12-9-13(11(3)8-14(12)18)15(19)17-6-4-16-5-7-17/h8-10,16,18H,4-7H2,1-3H3. The van der Waals surface area contributed by atoms with Gasteiger partial charge in [0.25, 0.3) is 5.91 Å². The van der Waals surface area contributed by atoms with E-state index in [4.69, 9.17) is 0 Å². The van der Waals surface area contributed by atoms with Crippen LogP contribution in [0.25, 0.3) is 0 Å². The molecule has 1 aromatic rings. The molecular formula is C15H22N2O2. The molecule has 1 saturated heterocycles. The van der Waals surface area contributed by atoms with E-state index in [9.17, 15) is 9.90 Å². The average Bonchev–Trinajstić information content (AvgIpc) is 2.38. The molecule has 1 fully saturated rings. The fourth-order valence-electron chi connectivity index (χ4n) is 2.44. The topological polar surface area (TPSA) is 52.6 Å². The Morgan fingerprint density at radius 1 is 1.32 bits per heavy atom. The predicted molar refractivity (Wildman–Crippen MR) is 75.7 cm³/mol. The third-order valence-corrected chi connectivity index (χ3v) is 3.63. The number of benzene rings is 1. The lowest BCUT2D eigenvalue weighted by molar-refractivity contribution is 0.0735. The van der Waals surface area contributed by atoms with Crippen LogP contribution in [0.3, 0.4) is 0 Å². The molecular weight excluding hydrogens is 240 g/mol. The summed E-state index contributed by atoms with van der Waals surface area (Å²) >= 11 is 0. The lowest BCUT2D eigenvalue weighted by atomic mass is 9.96. The Bertz CT molecular complexity index is 477. The lowest BCUT2D eigenvalue weighted by Gasteiger charge is -2.28. The Morgan fingerprint density at radius 2 is 1.95 bits per heavy atom. The van der Waals surface area contributed by atoms with Crippen LogP contribution in [0.15, 0.2) is 12.1 Å². The highest BCUT2D eigenvalue weighted by molar-refractivity contribution is 5.96. The smallest absolute Gasteiger partial charge is 0.254 e. The Morgan fingerprint density at radius 3 is 2.53 bits per heavy atom. The van der Waals surface area contributed by atoms with Gasteiger partial charge in [-0.1, -0.05) is 13.8 Å². The molecule has 1 heterocycles. The van der Waals surface area contributed by atoms with Gasteiger partial charge in [-0.15, -0.1) is 0 Å². The van der Waals surface area contributed by atoms with Gasteiger partial charge in [0.1, 0.15) is 5.75 Å². The number of phenols is 1. The number of carbonyl (C=O) groups is 1. The van der Waals surface area contributed by atoms with Gasteiger partial charge in [0, 0.05) is 31.7 Å². The number of piperazine rings is 1. The third-order valence-electron chi connectivity index (χ3n) is 3.63. The van der Waals surface area contributed by atoms with E-state index in [0.717, 1.165) is 37.3 Å². The van der Waals surface area contributed by atoms with Crippen LogP contribution < -0.4 is 5.32 Å². The number of phenolic OH excluding ortho intramolecular Hbond substituents is 1. The average molecular weight is 262 g/mol. The van der Waals surface area contributed by atoms with Crippen molar-refractivity contribution in [1.82, 2.24) is 10.2 Å². The van der Waals surface area contributed by atoms with Gasteiger partial charge < -0.3 is 15.3 Å². The molecule has 1 amide bonds. The van der Waals surface area contributed by atoms with E-state index < -0.39 is 0 Å². The SMILES string of the molecule is Cc1cc(O)c(C(C)C)cc1C(=O)N1CCNCC1. The second kappa shape index (κ2) is 5.61. The van der Waals surface area contributed by atoms with Crippen LogP contribution in [0.4, 0.5) is 0 Å². The lowest BCUT2D eigenvalue weighted by Crippen LogP contribution is -2.46. The molecule has 0 bridgehead atoms. The van der Waals surface area contributed by atoms with Crippen molar-refractivity contribution in [3.8, 4) is 5.75 Å². The van der Waals surface area contributed by atoms with E-state index in [0.29, 0.717) is 5.56 Å². The van der Waals surface area contributed by atoms with Gasteiger partial charge >= 0.3 is 0 Å². The minimum atomic E-state index is 0.0703. The number of nitrogens with zero attached hydrogens (tertiary/aromatic N) is 1. The molecule has 0 spiro atoms. The maximum Gasteiger partial charge on any atom is 0.254 e. The molecule has 1 aromatic carbocycles. The summed E-state index contributed by atoms with van der Waals surface area (Å²) in [5, 5.41) is 13.2. The van der Waals surface area contributed by atoms with E-state index in [1.807, 2.05) is 31.7 Å². The summed E-state index contributed by atoms with van der Waals surface area (Å²) < 4.78 is 0. The first-order valence-corrected chi connectivity index (χ1v) is 6.84. The highest BCUT2D eigenvalue weighted by Gasteiger charge is 2.21. The number of nitrogens with one attached hydrogen (secondary N) is 1. The summed E-state index contributed by atoms with van der Waals surface area (Å²) in [7, 11) is 0. The minimum absolute atomic E-state index is 0.0703.